The van der Waals surface area contributed by atoms with E-state index in [2.05, 4.69) is 10.6 Å². The second kappa shape index (κ2) is 9.84. The van der Waals surface area contributed by atoms with Crippen LogP contribution in [-0.2, 0) is 22.5 Å². The van der Waals surface area contributed by atoms with E-state index >= 15 is 0 Å². The Bertz CT molecular complexity index is 1280. The van der Waals surface area contributed by atoms with Crippen molar-refractivity contribution in [3.63, 3.8) is 0 Å². The van der Waals surface area contributed by atoms with Crippen LogP contribution >= 0.6 is 23.1 Å². The topological polar surface area (TPSA) is 115 Å². The maximum Gasteiger partial charge on any atom is 0.337 e. The number of aromatic nitrogens is 2. The van der Waals surface area contributed by atoms with Crippen molar-refractivity contribution in [2.45, 2.75) is 44.9 Å². The lowest BCUT2D eigenvalue weighted by molar-refractivity contribution is -0.138. The lowest BCUT2D eigenvalue weighted by Crippen LogP contribution is -2.49. The minimum atomic E-state index is -0.501. The predicted octanol–water partition coefficient (Wildman–Crippen LogP) is 3.27. The molecule has 3 aromatic rings. The first-order chi connectivity index (χ1) is 15.9. The van der Waals surface area contributed by atoms with E-state index < -0.39 is 18.0 Å². The number of fused-ring (bicyclic) bond motifs is 1. The molecule has 9 nitrogen and oxygen atoms in total. The number of carbonyl (C=O) groups is 2. The van der Waals surface area contributed by atoms with Gasteiger partial charge >= 0.3 is 12.0 Å². The normalized spacial score (nSPS) is 16.1. The molecule has 4 rings (SSSR count). The first kappa shape index (κ1) is 23.1. The number of nitrogens with one attached hydrogen (secondary N) is 2. The van der Waals surface area contributed by atoms with Crippen LogP contribution in [-0.4, -0.2) is 40.0 Å². The fourth-order valence-electron chi connectivity index (χ4n) is 3.56. The van der Waals surface area contributed by atoms with Gasteiger partial charge in [-0.05, 0) is 38.5 Å². The molecule has 1 atom stereocenters. The van der Waals surface area contributed by atoms with Gasteiger partial charge in [-0.25, -0.2) is 14.6 Å². The number of hydrogen-bond acceptors (Lipinski definition) is 8. The van der Waals surface area contributed by atoms with Gasteiger partial charge in [-0.2, -0.15) is 0 Å². The van der Waals surface area contributed by atoms with Crippen LogP contribution in [0.2, 0.25) is 0 Å². The highest BCUT2D eigenvalue weighted by molar-refractivity contribution is 7.99. The van der Waals surface area contributed by atoms with Gasteiger partial charge in [0.2, 0.25) is 0 Å². The Morgan fingerprint density at radius 3 is 2.88 bits per heavy atom. The van der Waals surface area contributed by atoms with Crippen molar-refractivity contribution in [1.82, 2.24) is 20.2 Å². The summed E-state index contributed by atoms with van der Waals surface area (Å²) in [5, 5.41) is 6.44. The van der Waals surface area contributed by atoms with Crippen molar-refractivity contribution in [3.8, 4) is 0 Å². The van der Waals surface area contributed by atoms with Gasteiger partial charge in [-0.3, -0.25) is 9.36 Å². The van der Waals surface area contributed by atoms with E-state index in [1.54, 1.807) is 36.8 Å². The Labute approximate surface area is 198 Å². The highest BCUT2D eigenvalue weighted by Gasteiger charge is 2.30. The molecule has 1 aliphatic rings. The third-order valence-electron chi connectivity index (χ3n) is 5.12. The number of urea groups is 1. The van der Waals surface area contributed by atoms with Crippen LogP contribution in [0.25, 0.3) is 10.2 Å². The van der Waals surface area contributed by atoms with E-state index in [0.29, 0.717) is 32.4 Å². The average molecular weight is 489 g/mol. The van der Waals surface area contributed by atoms with Crippen LogP contribution in [0.15, 0.2) is 50.1 Å². The summed E-state index contributed by atoms with van der Waals surface area (Å²) in [7, 11) is 0. The molecule has 0 radical (unpaired) electrons. The van der Waals surface area contributed by atoms with E-state index in [-0.39, 0.29) is 24.5 Å². The molecule has 0 saturated heterocycles. The van der Waals surface area contributed by atoms with E-state index in [9.17, 15) is 14.4 Å². The van der Waals surface area contributed by atoms with Crippen molar-refractivity contribution in [3.05, 3.63) is 56.7 Å². The maximum atomic E-state index is 13.3. The van der Waals surface area contributed by atoms with Gasteiger partial charge in [0.25, 0.3) is 5.56 Å². The predicted molar refractivity (Wildman–Crippen MR) is 127 cm³/mol. The summed E-state index contributed by atoms with van der Waals surface area (Å²) < 4.78 is 12.2. The molecule has 2 amide bonds. The van der Waals surface area contributed by atoms with E-state index in [0.717, 1.165) is 11.3 Å². The number of aryl methyl sites for hydroxylation is 1. The Morgan fingerprint density at radius 2 is 2.18 bits per heavy atom. The zero-order valence-electron chi connectivity index (χ0n) is 18.5. The number of carbonyl (C=O) groups excluding carboxylic acids is 2. The molecule has 174 valence electrons. The lowest BCUT2D eigenvalue weighted by atomic mass is 10.1. The summed E-state index contributed by atoms with van der Waals surface area (Å²) in [6.07, 6.45) is 2.37. The molecule has 0 spiro atoms. The number of amides is 2. The molecule has 0 bridgehead atoms. The minimum Gasteiger partial charge on any atom is -0.467 e. The smallest absolute Gasteiger partial charge is 0.337 e. The number of furan rings is 1. The fraction of sp³-hybridized carbons (Fsp3) is 0.364. The van der Waals surface area contributed by atoms with Gasteiger partial charge in [-0.15, -0.1) is 11.3 Å². The van der Waals surface area contributed by atoms with Crippen LogP contribution in [0.4, 0.5) is 4.79 Å². The summed E-state index contributed by atoms with van der Waals surface area (Å²) >= 11 is 2.76. The number of hydrogen-bond donors (Lipinski definition) is 2. The highest BCUT2D eigenvalue weighted by atomic mass is 32.2. The maximum absolute atomic E-state index is 13.3. The van der Waals surface area contributed by atoms with Crippen molar-refractivity contribution in [2.24, 2.45) is 0 Å². The number of thiophene rings is 1. The van der Waals surface area contributed by atoms with Crippen molar-refractivity contribution in [1.29, 1.82) is 0 Å². The molecule has 0 unspecified atom stereocenters. The monoisotopic (exact) mass is 488 g/mol. The Hall–Kier alpha value is -3.05. The van der Waals surface area contributed by atoms with Crippen molar-refractivity contribution >= 4 is 45.3 Å². The van der Waals surface area contributed by atoms with E-state index in [1.807, 2.05) is 13.0 Å². The zero-order valence-corrected chi connectivity index (χ0v) is 20.1. The summed E-state index contributed by atoms with van der Waals surface area (Å²) in [4.78, 5) is 44.4. The SMILES string of the molecule is CCOC(=O)C1=C(CSc2nc3sc(CC)cc3c(=O)n2Cc2ccco2)NC(=O)N[C@H]1C. The van der Waals surface area contributed by atoms with Crippen LogP contribution in [0.3, 0.4) is 0 Å². The van der Waals surface area contributed by atoms with E-state index in [1.165, 1.54) is 23.1 Å². The van der Waals surface area contributed by atoms with Crippen LogP contribution < -0.4 is 16.2 Å². The largest absolute Gasteiger partial charge is 0.467 e. The van der Waals surface area contributed by atoms with Crippen molar-refractivity contribution in [2.75, 3.05) is 12.4 Å². The number of nitrogens with zero attached hydrogens (tertiary/aromatic N) is 2. The van der Waals surface area contributed by atoms with Gasteiger partial charge in [0.05, 0.1) is 36.4 Å². The summed E-state index contributed by atoms with van der Waals surface area (Å²) in [5.41, 5.74) is 0.639. The minimum absolute atomic E-state index is 0.155. The Kier molecular flexibility index (Phi) is 6.89. The zero-order chi connectivity index (χ0) is 23.5. The molecule has 3 aromatic heterocycles. The molecule has 33 heavy (non-hydrogen) atoms. The molecule has 0 fully saturated rings. The second-order valence-electron chi connectivity index (χ2n) is 7.37. The van der Waals surface area contributed by atoms with Gasteiger partial charge < -0.3 is 19.8 Å². The number of ether oxygens (including phenoxy) is 1. The molecular weight excluding hydrogens is 464 g/mol. The average Bonchev–Trinajstić information content (AvgIpc) is 3.44. The molecule has 2 N–H and O–H groups in total. The van der Waals surface area contributed by atoms with Gasteiger partial charge in [0.1, 0.15) is 10.6 Å². The molecular formula is C22H24N4O5S2. The quantitative estimate of drug-likeness (QED) is 0.284. The molecule has 4 heterocycles. The third kappa shape index (κ3) is 4.83. The lowest BCUT2D eigenvalue weighted by Gasteiger charge is -2.26. The molecule has 0 saturated carbocycles. The third-order valence-corrected chi connectivity index (χ3v) is 7.30. The first-order valence-corrected chi connectivity index (χ1v) is 12.4. The van der Waals surface area contributed by atoms with E-state index in [4.69, 9.17) is 14.1 Å². The Balaban J connectivity index is 1.73. The summed E-state index contributed by atoms with van der Waals surface area (Å²) in [6, 6.07) is 4.55. The van der Waals surface area contributed by atoms with Crippen LogP contribution in [0, 0.1) is 0 Å². The number of rotatable bonds is 8. The van der Waals surface area contributed by atoms with Gasteiger partial charge in [0, 0.05) is 16.3 Å². The second-order valence-corrected chi connectivity index (χ2v) is 9.43. The number of esters is 1. The fourth-order valence-corrected chi connectivity index (χ4v) is 5.54. The van der Waals surface area contributed by atoms with Gasteiger partial charge in [0.15, 0.2) is 5.16 Å². The standard InChI is InChI=1S/C22H24N4O5S2/c1-4-14-9-15-18(33-14)25-22(26(19(15)27)10-13-7-6-8-31-13)32-11-16-17(20(28)30-5-2)12(3)23-21(29)24-16/h6-9,12H,4-5,10-11H2,1-3H3,(H2,23,24,29)/t12-/m0/s1. The highest BCUT2D eigenvalue weighted by Crippen LogP contribution is 2.27. The Morgan fingerprint density at radius 1 is 1.36 bits per heavy atom. The van der Waals surface area contributed by atoms with Crippen molar-refractivity contribution < 1.29 is 18.7 Å². The van der Waals surface area contributed by atoms with Crippen LogP contribution in [0.5, 0.6) is 0 Å². The first-order valence-electron chi connectivity index (χ1n) is 10.6. The van der Waals surface area contributed by atoms with Gasteiger partial charge in [-0.1, -0.05) is 18.7 Å². The van der Waals surface area contributed by atoms with Crippen LogP contribution in [0.1, 0.15) is 31.4 Å². The molecule has 0 aromatic carbocycles. The molecule has 1 aliphatic heterocycles. The number of thioether (sulfide) groups is 1. The molecule has 11 heteroatoms. The summed E-state index contributed by atoms with van der Waals surface area (Å²) in [5.74, 6) is 0.366. The molecule has 0 aliphatic carbocycles. The summed E-state index contributed by atoms with van der Waals surface area (Å²) in [6.45, 7) is 5.94.